The van der Waals surface area contributed by atoms with Crippen molar-refractivity contribution in [1.82, 2.24) is 15.1 Å². The fourth-order valence-corrected chi connectivity index (χ4v) is 4.57. The minimum atomic E-state index is 0.0202. The average Bonchev–Trinajstić information content (AvgIpc) is 3.27. The van der Waals surface area contributed by atoms with E-state index in [9.17, 15) is 4.79 Å². The third-order valence-electron chi connectivity index (χ3n) is 5.77. The molecule has 1 amide bonds. The van der Waals surface area contributed by atoms with Gasteiger partial charge in [-0.15, -0.1) is 0 Å². The number of aromatic amines is 1. The van der Waals surface area contributed by atoms with Crippen LogP contribution in [-0.2, 0) is 5.41 Å². The zero-order valence-electron chi connectivity index (χ0n) is 14.2. The van der Waals surface area contributed by atoms with Crippen molar-refractivity contribution >= 4 is 34.5 Å². The zero-order valence-corrected chi connectivity index (χ0v) is 15.0. The quantitative estimate of drug-likeness (QED) is 0.695. The summed E-state index contributed by atoms with van der Waals surface area (Å²) in [5.41, 5.74) is 4.13. The van der Waals surface area contributed by atoms with Gasteiger partial charge in [0.05, 0.1) is 17.3 Å². The van der Waals surface area contributed by atoms with Crippen molar-refractivity contribution in [3.05, 3.63) is 70.4 Å². The van der Waals surface area contributed by atoms with Gasteiger partial charge in [0.1, 0.15) is 0 Å². The second-order valence-electron chi connectivity index (χ2n) is 7.16. The number of benzene rings is 2. The molecule has 2 heterocycles. The Balaban J connectivity index is 1.41. The monoisotopic (exact) mass is 363 g/mol. The highest BCUT2D eigenvalue weighted by molar-refractivity contribution is 6.32. The predicted molar refractivity (Wildman–Crippen MR) is 103 cm³/mol. The maximum atomic E-state index is 13.1. The molecule has 5 heteroatoms. The number of piperidine rings is 1. The van der Waals surface area contributed by atoms with Gasteiger partial charge in [-0.25, -0.2) is 0 Å². The van der Waals surface area contributed by atoms with Crippen LogP contribution in [0.5, 0.6) is 0 Å². The van der Waals surface area contributed by atoms with Crippen LogP contribution in [0.4, 0.5) is 0 Å². The Morgan fingerprint density at radius 2 is 2.00 bits per heavy atom. The largest absolute Gasteiger partial charge is 0.338 e. The van der Waals surface area contributed by atoms with Crippen LogP contribution < -0.4 is 0 Å². The van der Waals surface area contributed by atoms with E-state index in [0.717, 1.165) is 36.8 Å². The molecule has 3 aromatic rings. The van der Waals surface area contributed by atoms with Gasteiger partial charge in [-0.05, 0) is 36.1 Å². The molecule has 1 aliphatic heterocycles. The summed E-state index contributed by atoms with van der Waals surface area (Å²) in [6, 6.07) is 12.1. The normalized spacial score (nSPS) is 17.8. The van der Waals surface area contributed by atoms with E-state index in [2.05, 4.69) is 46.6 Å². The zero-order chi connectivity index (χ0) is 17.7. The first-order valence-corrected chi connectivity index (χ1v) is 9.25. The number of aromatic nitrogens is 2. The number of rotatable bonds is 1. The van der Waals surface area contributed by atoms with Crippen molar-refractivity contribution in [1.29, 1.82) is 0 Å². The predicted octanol–water partition coefficient (Wildman–Crippen LogP) is 4.42. The van der Waals surface area contributed by atoms with Gasteiger partial charge in [0.25, 0.3) is 5.91 Å². The molecule has 1 spiro atoms. The van der Waals surface area contributed by atoms with Gasteiger partial charge in [0, 0.05) is 28.9 Å². The van der Waals surface area contributed by atoms with Crippen LogP contribution in [0, 0.1) is 0 Å². The van der Waals surface area contributed by atoms with Crippen molar-refractivity contribution in [2.75, 3.05) is 13.1 Å². The molecule has 1 saturated heterocycles. The fraction of sp³-hybridized carbons (Fsp3) is 0.238. The molecule has 2 aliphatic rings. The van der Waals surface area contributed by atoms with Crippen LogP contribution in [0.3, 0.4) is 0 Å². The highest BCUT2D eigenvalue weighted by Gasteiger charge is 2.39. The maximum absolute atomic E-state index is 13.1. The molecule has 2 aromatic carbocycles. The average molecular weight is 364 g/mol. The number of nitrogens with zero attached hydrogens (tertiary/aromatic N) is 2. The van der Waals surface area contributed by atoms with Gasteiger partial charge < -0.3 is 4.90 Å². The first-order chi connectivity index (χ1) is 12.7. The number of amides is 1. The summed E-state index contributed by atoms with van der Waals surface area (Å²) < 4.78 is 0. The number of likely N-dealkylation sites (tertiary alicyclic amines) is 1. The molecular formula is C21H18ClN3O. The number of hydrogen-bond donors (Lipinski definition) is 1. The van der Waals surface area contributed by atoms with Crippen LogP contribution in [0.15, 0.2) is 48.7 Å². The summed E-state index contributed by atoms with van der Waals surface area (Å²) in [6.45, 7) is 1.47. The Hall–Kier alpha value is -2.59. The number of allylic oxidation sites excluding steroid dienone is 1. The Bertz CT molecular complexity index is 1040. The maximum Gasteiger partial charge on any atom is 0.256 e. The third-order valence-corrected chi connectivity index (χ3v) is 5.98. The lowest BCUT2D eigenvalue weighted by atomic mass is 9.74. The Kier molecular flexibility index (Phi) is 3.44. The van der Waals surface area contributed by atoms with Crippen LogP contribution >= 0.6 is 11.6 Å². The number of fused-ring (bicyclic) bond motifs is 3. The summed E-state index contributed by atoms with van der Waals surface area (Å²) in [6.07, 6.45) is 8.13. The van der Waals surface area contributed by atoms with Crippen molar-refractivity contribution in [3.8, 4) is 0 Å². The van der Waals surface area contributed by atoms with E-state index < -0.39 is 0 Å². The molecular weight excluding hydrogens is 346 g/mol. The standard InChI is InChI=1S/C21H18ClN3O/c22-16-11-15-13-23-24-19(15)17(12-16)20(26)25-9-7-21(8-10-25)6-5-14-3-1-2-4-18(14)21/h1-6,11-13H,7-10H2,(H,23,24). The summed E-state index contributed by atoms with van der Waals surface area (Å²) in [4.78, 5) is 15.1. The van der Waals surface area contributed by atoms with Gasteiger partial charge in [-0.2, -0.15) is 5.10 Å². The van der Waals surface area contributed by atoms with Gasteiger partial charge in [0.2, 0.25) is 0 Å². The van der Waals surface area contributed by atoms with Crippen LogP contribution in [0.2, 0.25) is 5.02 Å². The molecule has 1 N–H and O–H groups in total. The lowest BCUT2D eigenvalue weighted by Crippen LogP contribution is -2.44. The molecule has 1 aromatic heterocycles. The Morgan fingerprint density at radius 1 is 1.19 bits per heavy atom. The second-order valence-corrected chi connectivity index (χ2v) is 7.59. The summed E-state index contributed by atoms with van der Waals surface area (Å²) in [5.74, 6) is 0.0202. The molecule has 1 fully saturated rings. The van der Waals surface area contributed by atoms with E-state index in [-0.39, 0.29) is 11.3 Å². The second kappa shape index (κ2) is 5.71. The van der Waals surface area contributed by atoms with Crippen molar-refractivity contribution in [3.63, 3.8) is 0 Å². The number of carbonyl (C=O) groups is 1. The van der Waals surface area contributed by atoms with Crippen LogP contribution in [0.1, 0.15) is 34.3 Å². The summed E-state index contributed by atoms with van der Waals surface area (Å²) in [5, 5.41) is 8.40. The minimum Gasteiger partial charge on any atom is -0.338 e. The van der Waals surface area contributed by atoms with Gasteiger partial charge in [0.15, 0.2) is 0 Å². The Morgan fingerprint density at radius 3 is 2.85 bits per heavy atom. The number of halogens is 1. The van der Waals surface area contributed by atoms with E-state index >= 15 is 0 Å². The summed E-state index contributed by atoms with van der Waals surface area (Å²) in [7, 11) is 0. The molecule has 0 atom stereocenters. The van der Waals surface area contributed by atoms with Crippen molar-refractivity contribution < 1.29 is 4.79 Å². The number of nitrogens with one attached hydrogen (secondary N) is 1. The first-order valence-electron chi connectivity index (χ1n) is 8.87. The minimum absolute atomic E-state index is 0.0202. The van der Waals surface area contributed by atoms with Gasteiger partial charge >= 0.3 is 0 Å². The van der Waals surface area contributed by atoms with E-state index in [1.54, 1.807) is 12.3 Å². The third kappa shape index (κ3) is 2.29. The van der Waals surface area contributed by atoms with Crippen molar-refractivity contribution in [2.24, 2.45) is 0 Å². The summed E-state index contributed by atoms with van der Waals surface area (Å²) >= 11 is 6.20. The van der Waals surface area contributed by atoms with E-state index in [4.69, 9.17) is 11.6 Å². The van der Waals surface area contributed by atoms with Crippen LogP contribution in [-0.4, -0.2) is 34.1 Å². The Labute approximate surface area is 156 Å². The van der Waals surface area contributed by atoms with Gasteiger partial charge in [-0.1, -0.05) is 48.0 Å². The molecule has 0 radical (unpaired) electrons. The highest BCUT2D eigenvalue weighted by atomic mass is 35.5. The SMILES string of the molecule is O=C(c1cc(Cl)cc2cn[nH]c12)N1CCC2(C=Cc3ccccc32)CC1. The molecule has 5 rings (SSSR count). The topological polar surface area (TPSA) is 49.0 Å². The molecule has 0 bridgehead atoms. The number of hydrogen-bond acceptors (Lipinski definition) is 2. The fourth-order valence-electron chi connectivity index (χ4n) is 4.34. The molecule has 0 unspecified atom stereocenters. The number of H-pyrrole nitrogens is 1. The highest BCUT2D eigenvalue weighted by Crippen LogP contribution is 2.43. The molecule has 26 heavy (non-hydrogen) atoms. The molecule has 4 nitrogen and oxygen atoms in total. The van der Waals surface area contributed by atoms with Crippen molar-refractivity contribution in [2.45, 2.75) is 18.3 Å². The smallest absolute Gasteiger partial charge is 0.256 e. The van der Waals surface area contributed by atoms with E-state index in [0.29, 0.717) is 10.6 Å². The molecule has 1 aliphatic carbocycles. The lowest BCUT2D eigenvalue weighted by Gasteiger charge is -2.39. The molecule has 0 saturated carbocycles. The lowest BCUT2D eigenvalue weighted by molar-refractivity contribution is 0.0692. The molecule has 130 valence electrons. The first kappa shape index (κ1) is 15.6. The number of carbonyl (C=O) groups excluding carboxylic acids is 1. The van der Waals surface area contributed by atoms with Gasteiger partial charge in [-0.3, -0.25) is 9.89 Å². The van der Waals surface area contributed by atoms with E-state index in [1.807, 2.05) is 11.0 Å². The van der Waals surface area contributed by atoms with E-state index in [1.165, 1.54) is 11.1 Å². The van der Waals surface area contributed by atoms with Crippen LogP contribution in [0.25, 0.3) is 17.0 Å².